The second kappa shape index (κ2) is 6.00. The molecule has 1 aromatic rings. The molecular weight excluding hydrogens is 264 g/mol. The normalized spacial score (nSPS) is 22.8. The first-order chi connectivity index (χ1) is 10.1. The molecule has 1 aromatic heterocycles. The van der Waals surface area contributed by atoms with E-state index in [0.29, 0.717) is 17.9 Å². The lowest BCUT2D eigenvalue weighted by Crippen LogP contribution is -2.51. The van der Waals surface area contributed by atoms with Gasteiger partial charge in [-0.05, 0) is 38.2 Å². The van der Waals surface area contributed by atoms with Crippen LogP contribution in [0.4, 0.5) is 5.95 Å². The van der Waals surface area contributed by atoms with Crippen molar-refractivity contribution in [2.45, 2.75) is 45.1 Å². The molecule has 0 bridgehead atoms. The summed E-state index contributed by atoms with van der Waals surface area (Å²) in [5.41, 5.74) is 1.07. The summed E-state index contributed by atoms with van der Waals surface area (Å²) in [5, 5.41) is 0. The molecule has 21 heavy (non-hydrogen) atoms. The predicted octanol–water partition coefficient (Wildman–Crippen LogP) is 2.01. The molecule has 1 aliphatic carbocycles. The van der Waals surface area contributed by atoms with Crippen molar-refractivity contribution in [3.8, 4) is 0 Å². The molecule has 1 atom stereocenters. The Morgan fingerprint density at radius 3 is 2.57 bits per heavy atom. The second-order valence-electron chi connectivity index (χ2n) is 6.38. The van der Waals surface area contributed by atoms with Crippen molar-refractivity contribution in [3.63, 3.8) is 0 Å². The quantitative estimate of drug-likeness (QED) is 0.854. The third-order valence-electron chi connectivity index (χ3n) is 4.79. The molecule has 114 valence electrons. The Balaban J connectivity index is 1.64. The molecule has 2 fully saturated rings. The summed E-state index contributed by atoms with van der Waals surface area (Å²) >= 11 is 0. The van der Waals surface area contributed by atoms with E-state index in [1.54, 1.807) is 0 Å². The van der Waals surface area contributed by atoms with E-state index in [1.165, 1.54) is 6.42 Å². The van der Waals surface area contributed by atoms with E-state index >= 15 is 0 Å². The van der Waals surface area contributed by atoms with Crippen LogP contribution in [0.15, 0.2) is 12.4 Å². The molecule has 1 saturated heterocycles. The summed E-state index contributed by atoms with van der Waals surface area (Å²) < 4.78 is 0. The van der Waals surface area contributed by atoms with Gasteiger partial charge in [-0.15, -0.1) is 0 Å². The molecule has 2 heterocycles. The number of hydrogen-bond acceptors (Lipinski definition) is 4. The summed E-state index contributed by atoms with van der Waals surface area (Å²) in [5.74, 6) is 1.41. The molecule has 0 aromatic carbocycles. The molecule has 0 radical (unpaired) electrons. The van der Waals surface area contributed by atoms with Crippen molar-refractivity contribution < 1.29 is 4.79 Å². The van der Waals surface area contributed by atoms with E-state index in [9.17, 15) is 4.79 Å². The third-order valence-corrected chi connectivity index (χ3v) is 4.79. The van der Waals surface area contributed by atoms with Crippen molar-refractivity contribution >= 4 is 11.9 Å². The highest BCUT2D eigenvalue weighted by Crippen LogP contribution is 2.30. The average molecular weight is 288 g/mol. The Labute approximate surface area is 126 Å². The zero-order valence-corrected chi connectivity index (χ0v) is 13.0. The van der Waals surface area contributed by atoms with E-state index in [0.717, 1.165) is 50.3 Å². The van der Waals surface area contributed by atoms with E-state index in [4.69, 9.17) is 0 Å². The van der Waals surface area contributed by atoms with Crippen LogP contribution >= 0.6 is 0 Å². The number of carbonyl (C=O) groups excluding carboxylic acids is 1. The Hall–Kier alpha value is -1.65. The lowest BCUT2D eigenvalue weighted by atomic mass is 9.84. The van der Waals surface area contributed by atoms with Crippen molar-refractivity contribution in [2.75, 3.05) is 25.0 Å². The van der Waals surface area contributed by atoms with Gasteiger partial charge in [0.05, 0.1) is 0 Å². The first-order valence-electron chi connectivity index (χ1n) is 7.95. The van der Waals surface area contributed by atoms with Gasteiger partial charge in [0.1, 0.15) is 0 Å². The topological polar surface area (TPSA) is 49.3 Å². The molecule has 3 rings (SSSR count). The van der Waals surface area contributed by atoms with Gasteiger partial charge in [-0.3, -0.25) is 4.79 Å². The van der Waals surface area contributed by atoms with Crippen molar-refractivity contribution in [3.05, 3.63) is 18.0 Å². The number of amides is 1. The van der Waals surface area contributed by atoms with Crippen LogP contribution < -0.4 is 4.90 Å². The summed E-state index contributed by atoms with van der Waals surface area (Å²) in [6, 6.07) is 0.325. The fraction of sp³-hybridized carbons (Fsp3) is 0.688. The Morgan fingerprint density at radius 1 is 1.24 bits per heavy atom. The van der Waals surface area contributed by atoms with Gasteiger partial charge in [-0.1, -0.05) is 6.42 Å². The minimum Gasteiger partial charge on any atom is -0.340 e. The molecule has 0 N–H and O–H groups in total. The standard InChI is InChI=1S/C16H24N4O/c1-12-9-17-16(18-10-12)19(2)14-7-4-8-20(11-14)15(21)13-5-3-6-13/h9-10,13-14H,3-8,11H2,1-2H3. The van der Waals surface area contributed by atoms with Crippen LogP contribution in [0.2, 0.25) is 0 Å². The van der Waals surface area contributed by atoms with Gasteiger partial charge < -0.3 is 9.80 Å². The molecule has 2 aliphatic rings. The zero-order valence-electron chi connectivity index (χ0n) is 13.0. The van der Waals surface area contributed by atoms with Crippen molar-refractivity contribution in [1.29, 1.82) is 0 Å². The Bertz CT molecular complexity index is 498. The van der Waals surface area contributed by atoms with Gasteiger partial charge in [0.2, 0.25) is 11.9 Å². The molecule has 1 saturated carbocycles. The Morgan fingerprint density at radius 2 is 1.95 bits per heavy atom. The van der Waals surface area contributed by atoms with Crippen molar-refractivity contribution in [2.24, 2.45) is 5.92 Å². The smallest absolute Gasteiger partial charge is 0.225 e. The second-order valence-corrected chi connectivity index (χ2v) is 6.38. The number of rotatable bonds is 3. The molecule has 5 nitrogen and oxygen atoms in total. The Kier molecular flexibility index (Phi) is 4.08. The summed E-state index contributed by atoms with van der Waals surface area (Å²) in [6.45, 7) is 3.71. The van der Waals surface area contributed by atoms with Crippen LogP contribution in [0.1, 0.15) is 37.7 Å². The minimum absolute atomic E-state index is 0.296. The lowest BCUT2D eigenvalue weighted by molar-refractivity contribution is -0.139. The molecule has 0 spiro atoms. The predicted molar refractivity (Wildman–Crippen MR) is 82.1 cm³/mol. The van der Waals surface area contributed by atoms with E-state index in [-0.39, 0.29) is 0 Å². The fourth-order valence-corrected chi connectivity index (χ4v) is 3.12. The summed E-state index contributed by atoms with van der Waals surface area (Å²) in [4.78, 5) is 25.4. The van der Waals surface area contributed by atoms with Gasteiger partial charge in [0.15, 0.2) is 0 Å². The van der Waals surface area contributed by atoms with Crippen LogP contribution in [-0.4, -0.2) is 47.0 Å². The van der Waals surface area contributed by atoms with Crippen molar-refractivity contribution in [1.82, 2.24) is 14.9 Å². The van der Waals surface area contributed by atoms with Crippen LogP contribution in [0, 0.1) is 12.8 Å². The maximum absolute atomic E-state index is 12.4. The largest absolute Gasteiger partial charge is 0.340 e. The molecule has 1 amide bonds. The summed E-state index contributed by atoms with van der Waals surface area (Å²) in [7, 11) is 2.03. The number of piperidine rings is 1. The average Bonchev–Trinajstić information content (AvgIpc) is 2.45. The number of anilines is 1. The number of aromatic nitrogens is 2. The first-order valence-corrected chi connectivity index (χ1v) is 7.95. The fourth-order valence-electron chi connectivity index (χ4n) is 3.12. The molecule has 1 aliphatic heterocycles. The monoisotopic (exact) mass is 288 g/mol. The molecular formula is C16H24N4O. The van der Waals surface area contributed by atoms with Crippen LogP contribution in [0.25, 0.3) is 0 Å². The number of carbonyl (C=O) groups is 1. The minimum atomic E-state index is 0.296. The number of nitrogens with zero attached hydrogens (tertiary/aromatic N) is 4. The van der Waals surface area contributed by atoms with Gasteiger partial charge >= 0.3 is 0 Å². The van der Waals surface area contributed by atoms with E-state index in [1.807, 2.05) is 26.4 Å². The first kappa shape index (κ1) is 14.3. The highest BCUT2D eigenvalue weighted by molar-refractivity contribution is 5.79. The number of likely N-dealkylation sites (N-methyl/N-ethyl adjacent to an activating group) is 1. The SMILES string of the molecule is Cc1cnc(N(C)C2CCCN(C(=O)C3CCC3)C2)nc1. The number of likely N-dealkylation sites (tertiary alicyclic amines) is 1. The van der Waals surface area contributed by atoms with E-state index < -0.39 is 0 Å². The lowest BCUT2D eigenvalue weighted by Gasteiger charge is -2.40. The molecule has 5 heteroatoms. The van der Waals surface area contributed by atoms with Gasteiger partial charge in [0, 0.05) is 44.5 Å². The van der Waals surface area contributed by atoms with Gasteiger partial charge in [-0.2, -0.15) is 0 Å². The molecule has 1 unspecified atom stereocenters. The summed E-state index contributed by atoms with van der Waals surface area (Å²) in [6.07, 6.45) is 9.23. The van der Waals surface area contributed by atoms with Gasteiger partial charge in [0.25, 0.3) is 0 Å². The maximum atomic E-state index is 12.4. The van der Waals surface area contributed by atoms with Crippen LogP contribution in [0.3, 0.4) is 0 Å². The highest BCUT2D eigenvalue weighted by atomic mass is 16.2. The third kappa shape index (κ3) is 3.01. The number of aryl methyl sites for hydroxylation is 1. The van der Waals surface area contributed by atoms with Crippen LogP contribution in [0.5, 0.6) is 0 Å². The zero-order chi connectivity index (χ0) is 14.8. The highest BCUT2D eigenvalue weighted by Gasteiger charge is 2.33. The number of hydrogen-bond donors (Lipinski definition) is 0. The van der Waals surface area contributed by atoms with Gasteiger partial charge in [-0.25, -0.2) is 9.97 Å². The maximum Gasteiger partial charge on any atom is 0.225 e. The van der Waals surface area contributed by atoms with Crippen LogP contribution in [-0.2, 0) is 4.79 Å². The van der Waals surface area contributed by atoms with E-state index in [2.05, 4.69) is 19.8 Å².